The van der Waals surface area contributed by atoms with Crippen molar-refractivity contribution < 1.29 is 8.42 Å². The zero-order valence-electron chi connectivity index (χ0n) is 13.0. The highest BCUT2D eigenvalue weighted by Gasteiger charge is 2.23. The van der Waals surface area contributed by atoms with Gasteiger partial charge in [-0.3, -0.25) is 0 Å². The number of hydrogen-bond donors (Lipinski definition) is 1. The summed E-state index contributed by atoms with van der Waals surface area (Å²) in [5, 5.41) is 3.57. The summed E-state index contributed by atoms with van der Waals surface area (Å²) in [6.45, 7) is 7.86. The Hall–Kier alpha value is -1.14. The highest BCUT2D eigenvalue weighted by Crippen LogP contribution is 2.23. The second-order valence-electron chi connectivity index (χ2n) is 5.86. The summed E-state index contributed by atoms with van der Waals surface area (Å²) in [5.74, 6) is 0.655. The maximum Gasteiger partial charge on any atom is 0.192 e. The van der Waals surface area contributed by atoms with E-state index in [1.807, 2.05) is 0 Å². The first-order valence-electron chi connectivity index (χ1n) is 7.55. The Morgan fingerprint density at radius 3 is 2.52 bits per heavy atom. The quantitative estimate of drug-likeness (QED) is 0.901. The average Bonchev–Trinajstić information content (AvgIpc) is 2.47. The Labute approximate surface area is 127 Å². The van der Waals surface area contributed by atoms with Gasteiger partial charge in [-0.2, -0.15) is 0 Å². The number of anilines is 1. The first kappa shape index (κ1) is 16.2. The number of pyridine rings is 1. The maximum absolute atomic E-state index is 11.4. The molecule has 1 aliphatic rings. The summed E-state index contributed by atoms with van der Waals surface area (Å²) < 4.78 is 22.8. The molecule has 1 unspecified atom stereocenters. The minimum atomic E-state index is -3.22. The fourth-order valence-electron chi connectivity index (χ4n) is 2.83. The van der Waals surface area contributed by atoms with E-state index in [-0.39, 0.29) is 5.03 Å². The molecule has 0 amide bonds. The highest BCUT2D eigenvalue weighted by atomic mass is 32.2. The van der Waals surface area contributed by atoms with Gasteiger partial charge in [0.15, 0.2) is 14.9 Å². The lowest BCUT2D eigenvalue weighted by Gasteiger charge is -2.34. The van der Waals surface area contributed by atoms with Crippen molar-refractivity contribution >= 4 is 15.5 Å². The van der Waals surface area contributed by atoms with Crippen molar-refractivity contribution in [1.29, 1.82) is 0 Å². The smallest absolute Gasteiger partial charge is 0.192 e. The van der Waals surface area contributed by atoms with Gasteiger partial charge in [-0.05, 0) is 57.5 Å². The maximum atomic E-state index is 11.4. The predicted molar refractivity (Wildman–Crippen MR) is 85.3 cm³/mol. The Bertz CT molecular complexity index is 549. The third-order valence-electron chi connectivity index (χ3n) is 4.30. The zero-order chi connectivity index (χ0) is 15.5. The molecule has 1 aliphatic heterocycles. The molecule has 1 fully saturated rings. The molecule has 118 valence electrons. The number of likely N-dealkylation sites (tertiary alicyclic amines) is 1. The molecule has 1 aromatic heterocycles. The lowest BCUT2D eigenvalue weighted by Crippen LogP contribution is -2.39. The molecule has 0 aliphatic carbocycles. The third kappa shape index (κ3) is 4.41. The lowest BCUT2D eigenvalue weighted by molar-refractivity contribution is 0.183. The molecule has 2 heterocycles. The van der Waals surface area contributed by atoms with Crippen molar-refractivity contribution in [2.24, 2.45) is 5.92 Å². The summed E-state index contributed by atoms with van der Waals surface area (Å²) in [4.78, 5) is 6.49. The van der Waals surface area contributed by atoms with Crippen molar-refractivity contribution in [3.63, 3.8) is 0 Å². The second-order valence-corrected chi connectivity index (χ2v) is 7.82. The summed E-state index contributed by atoms with van der Waals surface area (Å²) in [6.07, 6.45) is 5.19. The first-order valence-corrected chi connectivity index (χ1v) is 9.44. The number of piperidine rings is 1. The van der Waals surface area contributed by atoms with Gasteiger partial charge in [0.2, 0.25) is 0 Å². The van der Waals surface area contributed by atoms with E-state index in [1.54, 1.807) is 18.3 Å². The number of aromatic nitrogens is 1. The van der Waals surface area contributed by atoms with Crippen LogP contribution in [0.1, 0.15) is 26.7 Å². The molecule has 1 atom stereocenters. The van der Waals surface area contributed by atoms with E-state index in [9.17, 15) is 8.42 Å². The minimum Gasteiger partial charge on any atom is -0.381 e. The van der Waals surface area contributed by atoms with Crippen LogP contribution in [0.2, 0.25) is 0 Å². The Balaban J connectivity index is 1.92. The highest BCUT2D eigenvalue weighted by molar-refractivity contribution is 7.90. The predicted octanol–water partition coefficient (Wildman–Crippen LogP) is 2.02. The molecule has 6 heteroatoms. The fraction of sp³-hybridized carbons (Fsp3) is 0.667. The zero-order valence-corrected chi connectivity index (χ0v) is 13.9. The van der Waals surface area contributed by atoms with Gasteiger partial charge in [-0.1, -0.05) is 6.92 Å². The Morgan fingerprint density at radius 1 is 1.38 bits per heavy atom. The third-order valence-corrected chi connectivity index (χ3v) is 5.30. The van der Waals surface area contributed by atoms with Crippen LogP contribution in [0.25, 0.3) is 0 Å². The average molecular weight is 311 g/mol. The molecule has 2 rings (SSSR count). The summed E-state index contributed by atoms with van der Waals surface area (Å²) in [5.41, 5.74) is 0.882. The molecule has 0 aromatic carbocycles. The molecule has 0 saturated carbocycles. The second kappa shape index (κ2) is 6.75. The molecule has 0 bridgehead atoms. The van der Waals surface area contributed by atoms with Crippen LogP contribution in [0.15, 0.2) is 23.4 Å². The number of hydrogen-bond acceptors (Lipinski definition) is 5. The molecule has 0 spiro atoms. The number of rotatable bonds is 5. The van der Waals surface area contributed by atoms with Crippen molar-refractivity contribution in [2.45, 2.75) is 37.8 Å². The van der Waals surface area contributed by atoms with Crippen LogP contribution >= 0.6 is 0 Å². The summed E-state index contributed by atoms with van der Waals surface area (Å²) in [6, 6.07) is 3.72. The number of nitrogens with one attached hydrogen (secondary N) is 1. The standard InChI is InChI=1S/C15H25N3O2S/c1-4-18-9-7-13(8-10-18)12(2)17-14-5-6-15(16-11-14)21(3,19)20/h5-6,11-13,17H,4,7-10H2,1-3H3. The van der Waals surface area contributed by atoms with Gasteiger partial charge in [0.05, 0.1) is 11.9 Å². The molecule has 1 saturated heterocycles. The summed E-state index contributed by atoms with van der Waals surface area (Å²) >= 11 is 0. The van der Waals surface area contributed by atoms with E-state index >= 15 is 0 Å². The molecule has 1 N–H and O–H groups in total. The number of nitrogens with zero attached hydrogens (tertiary/aromatic N) is 2. The van der Waals surface area contributed by atoms with Crippen LogP contribution in [-0.2, 0) is 9.84 Å². The van der Waals surface area contributed by atoms with Gasteiger partial charge in [0, 0.05) is 12.3 Å². The van der Waals surface area contributed by atoms with Crippen LogP contribution in [0.5, 0.6) is 0 Å². The molecular weight excluding hydrogens is 286 g/mol. The van der Waals surface area contributed by atoms with Gasteiger partial charge < -0.3 is 10.2 Å². The van der Waals surface area contributed by atoms with E-state index in [1.165, 1.54) is 32.2 Å². The first-order chi connectivity index (χ1) is 9.90. The molecule has 5 nitrogen and oxygen atoms in total. The summed E-state index contributed by atoms with van der Waals surface area (Å²) in [7, 11) is -3.22. The van der Waals surface area contributed by atoms with Crippen molar-refractivity contribution in [3.05, 3.63) is 18.3 Å². The minimum absolute atomic E-state index is 0.122. The molecular formula is C15H25N3O2S. The van der Waals surface area contributed by atoms with Crippen molar-refractivity contribution in [3.8, 4) is 0 Å². The SMILES string of the molecule is CCN1CCC(C(C)Nc2ccc(S(C)(=O)=O)nc2)CC1. The van der Waals surface area contributed by atoms with Crippen LogP contribution in [0.3, 0.4) is 0 Å². The van der Waals surface area contributed by atoms with Gasteiger partial charge in [0.1, 0.15) is 0 Å². The van der Waals surface area contributed by atoms with Gasteiger partial charge in [0.25, 0.3) is 0 Å². The Kier molecular flexibility index (Phi) is 5.22. The largest absolute Gasteiger partial charge is 0.381 e. The van der Waals surface area contributed by atoms with Crippen molar-refractivity contribution in [1.82, 2.24) is 9.88 Å². The van der Waals surface area contributed by atoms with E-state index in [0.717, 1.165) is 12.2 Å². The van der Waals surface area contributed by atoms with E-state index in [0.29, 0.717) is 12.0 Å². The van der Waals surface area contributed by atoms with Crippen molar-refractivity contribution in [2.75, 3.05) is 31.2 Å². The molecule has 21 heavy (non-hydrogen) atoms. The molecule has 1 aromatic rings. The topological polar surface area (TPSA) is 62.3 Å². The molecule has 0 radical (unpaired) electrons. The van der Waals surface area contributed by atoms with Gasteiger partial charge in [-0.25, -0.2) is 13.4 Å². The lowest BCUT2D eigenvalue weighted by atomic mass is 9.90. The number of sulfone groups is 1. The van der Waals surface area contributed by atoms with E-state index in [4.69, 9.17) is 0 Å². The van der Waals surface area contributed by atoms with Crippen LogP contribution in [-0.4, -0.2) is 50.2 Å². The van der Waals surface area contributed by atoms with Crippen LogP contribution in [0, 0.1) is 5.92 Å². The monoisotopic (exact) mass is 311 g/mol. The van der Waals surface area contributed by atoms with E-state index < -0.39 is 9.84 Å². The Morgan fingerprint density at radius 2 is 2.05 bits per heavy atom. The van der Waals surface area contributed by atoms with Gasteiger partial charge >= 0.3 is 0 Å². The normalized spacial score (nSPS) is 19.4. The van der Waals surface area contributed by atoms with Gasteiger partial charge in [-0.15, -0.1) is 0 Å². The van der Waals surface area contributed by atoms with Crippen LogP contribution in [0.4, 0.5) is 5.69 Å². The van der Waals surface area contributed by atoms with E-state index in [2.05, 4.69) is 29.0 Å². The fourth-order valence-corrected chi connectivity index (χ4v) is 3.39. The van der Waals surface area contributed by atoms with Crippen LogP contribution < -0.4 is 5.32 Å².